The monoisotopic (exact) mass is 378 g/mol. The number of nitrogens with one attached hydrogen (secondary N) is 2. The van der Waals surface area contributed by atoms with Gasteiger partial charge in [-0.05, 0) is 36.4 Å². The van der Waals surface area contributed by atoms with Crippen molar-refractivity contribution in [3.05, 3.63) is 63.9 Å². The smallest absolute Gasteiger partial charge is 0.246 e. The highest BCUT2D eigenvalue weighted by Crippen LogP contribution is 2.24. The van der Waals surface area contributed by atoms with Crippen LogP contribution in [0, 0.1) is 0 Å². The lowest BCUT2D eigenvalue weighted by molar-refractivity contribution is 0.296. The van der Waals surface area contributed by atoms with Crippen molar-refractivity contribution in [2.75, 3.05) is 5.32 Å². The number of hydrogen-bond donors (Lipinski definition) is 2. The van der Waals surface area contributed by atoms with Gasteiger partial charge in [0.1, 0.15) is 12.4 Å². The van der Waals surface area contributed by atoms with Crippen LogP contribution in [-0.2, 0) is 6.61 Å². The molecule has 2 N–H and O–H groups in total. The van der Waals surface area contributed by atoms with Crippen LogP contribution in [0.15, 0.2) is 53.0 Å². The number of halogens is 2. The number of hydrogen-bond acceptors (Lipinski definition) is 4. The fourth-order valence-corrected chi connectivity index (χ4v) is 2.24. The summed E-state index contributed by atoms with van der Waals surface area (Å²) in [6, 6.07) is 15.0. The van der Waals surface area contributed by atoms with Crippen molar-refractivity contribution < 1.29 is 4.74 Å². The molecule has 0 bridgehead atoms. The van der Waals surface area contributed by atoms with E-state index in [0.29, 0.717) is 22.5 Å². The van der Waals surface area contributed by atoms with E-state index in [9.17, 15) is 0 Å². The van der Waals surface area contributed by atoms with Crippen LogP contribution < -0.4 is 10.1 Å². The fourth-order valence-electron chi connectivity index (χ4n) is 1.79. The molecule has 0 saturated carbocycles. The van der Waals surface area contributed by atoms with E-state index in [1.54, 1.807) is 12.1 Å². The minimum Gasteiger partial charge on any atom is -0.484 e. The molecule has 0 aliphatic heterocycles. The van der Waals surface area contributed by atoms with Crippen LogP contribution in [-0.4, -0.2) is 15.2 Å². The summed E-state index contributed by atoms with van der Waals surface area (Å²) in [6.07, 6.45) is 0. The summed E-state index contributed by atoms with van der Waals surface area (Å²) in [5.74, 6) is 1.71. The second-order valence-corrected chi connectivity index (χ2v) is 5.78. The Hall–Kier alpha value is -2.05. The van der Waals surface area contributed by atoms with Crippen molar-refractivity contribution in [1.29, 1.82) is 0 Å². The van der Waals surface area contributed by atoms with Gasteiger partial charge in [0, 0.05) is 10.2 Å². The van der Waals surface area contributed by atoms with Gasteiger partial charge in [0.2, 0.25) is 5.95 Å². The standard InChI is InChI=1S/C15H12BrClN4O/c16-10-5-7-11(8-6-10)18-15-19-14(20-21-15)9-22-13-4-2-1-3-12(13)17/h1-8H,9H2,(H2,18,19,20,21). The van der Waals surface area contributed by atoms with E-state index in [2.05, 4.69) is 36.4 Å². The molecule has 0 atom stereocenters. The van der Waals surface area contributed by atoms with Crippen molar-refractivity contribution in [2.45, 2.75) is 6.61 Å². The van der Waals surface area contributed by atoms with Crippen LogP contribution in [0.25, 0.3) is 0 Å². The lowest BCUT2D eigenvalue weighted by Gasteiger charge is -2.05. The molecule has 0 unspecified atom stereocenters. The Morgan fingerprint density at radius 1 is 1.14 bits per heavy atom. The van der Waals surface area contributed by atoms with Gasteiger partial charge in [-0.2, -0.15) is 4.98 Å². The highest BCUT2D eigenvalue weighted by atomic mass is 79.9. The van der Waals surface area contributed by atoms with E-state index >= 15 is 0 Å². The molecule has 112 valence electrons. The van der Waals surface area contributed by atoms with Gasteiger partial charge >= 0.3 is 0 Å². The Bertz CT molecular complexity index is 760. The Morgan fingerprint density at radius 3 is 2.68 bits per heavy atom. The van der Waals surface area contributed by atoms with Gasteiger partial charge in [0.15, 0.2) is 5.82 Å². The van der Waals surface area contributed by atoms with Crippen LogP contribution in [0.3, 0.4) is 0 Å². The Kier molecular flexibility index (Phi) is 4.60. The van der Waals surface area contributed by atoms with Gasteiger partial charge < -0.3 is 10.1 Å². The summed E-state index contributed by atoms with van der Waals surface area (Å²) in [6.45, 7) is 0.263. The SMILES string of the molecule is Clc1ccccc1OCc1nc(Nc2ccc(Br)cc2)n[nH]1. The topological polar surface area (TPSA) is 62.8 Å². The first-order valence-corrected chi connectivity index (χ1v) is 7.69. The number of nitrogens with zero attached hydrogens (tertiary/aromatic N) is 2. The van der Waals surface area contributed by atoms with Gasteiger partial charge in [0.25, 0.3) is 0 Å². The molecule has 0 fully saturated rings. The third-order valence-corrected chi connectivity index (χ3v) is 3.67. The summed E-state index contributed by atoms with van der Waals surface area (Å²) in [7, 11) is 0. The maximum absolute atomic E-state index is 6.03. The van der Waals surface area contributed by atoms with Gasteiger partial charge in [-0.15, -0.1) is 5.10 Å². The molecule has 7 heteroatoms. The second kappa shape index (κ2) is 6.81. The summed E-state index contributed by atoms with van der Waals surface area (Å²) in [5.41, 5.74) is 0.903. The first kappa shape index (κ1) is 14.9. The second-order valence-electron chi connectivity index (χ2n) is 4.46. The minimum absolute atomic E-state index is 0.263. The van der Waals surface area contributed by atoms with Crippen molar-refractivity contribution in [2.24, 2.45) is 0 Å². The first-order valence-electron chi connectivity index (χ1n) is 6.52. The minimum atomic E-state index is 0.263. The molecule has 1 heterocycles. The van der Waals surface area contributed by atoms with E-state index in [1.165, 1.54) is 0 Å². The number of aromatic amines is 1. The number of benzene rings is 2. The molecule has 2 aromatic carbocycles. The van der Waals surface area contributed by atoms with Crippen molar-refractivity contribution in [1.82, 2.24) is 15.2 Å². The maximum atomic E-state index is 6.03. The summed E-state index contributed by atoms with van der Waals surface area (Å²) >= 11 is 9.42. The van der Waals surface area contributed by atoms with E-state index < -0.39 is 0 Å². The molecule has 0 aliphatic rings. The normalized spacial score (nSPS) is 10.5. The lowest BCUT2D eigenvalue weighted by Crippen LogP contribution is -1.98. The average Bonchev–Trinajstić information content (AvgIpc) is 2.96. The van der Waals surface area contributed by atoms with Crippen LogP contribution in [0.2, 0.25) is 5.02 Å². The largest absolute Gasteiger partial charge is 0.484 e. The third kappa shape index (κ3) is 3.78. The van der Waals surface area contributed by atoms with Crippen LogP contribution in [0.1, 0.15) is 5.82 Å². The Labute approximate surface area is 140 Å². The van der Waals surface area contributed by atoms with Gasteiger partial charge in [-0.3, -0.25) is 5.10 Å². The number of ether oxygens (including phenoxy) is 1. The maximum Gasteiger partial charge on any atom is 0.246 e. The van der Waals surface area contributed by atoms with Crippen LogP contribution in [0.5, 0.6) is 5.75 Å². The molecular weight excluding hydrogens is 368 g/mol. The number of rotatable bonds is 5. The summed E-state index contributed by atoms with van der Waals surface area (Å²) in [5, 5.41) is 10.6. The molecule has 0 radical (unpaired) electrons. The molecule has 0 aliphatic carbocycles. The molecule has 1 aromatic heterocycles. The van der Waals surface area contributed by atoms with Crippen LogP contribution in [0.4, 0.5) is 11.6 Å². The fraction of sp³-hybridized carbons (Fsp3) is 0.0667. The number of H-pyrrole nitrogens is 1. The van der Waals surface area contributed by atoms with Crippen molar-refractivity contribution in [3.63, 3.8) is 0 Å². The third-order valence-electron chi connectivity index (χ3n) is 2.83. The molecule has 3 aromatic rings. The molecular formula is C15H12BrClN4O. The summed E-state index contributed by atoms with van der Waals surface area (Å²) in [4.78, 5) is 4.32. The molecule has 0 amide bonds. The zero-order valence-electron chi connectivity index (χ0n) is 11.4. The Morgan fingerprint density at radius 2 is 1.91 bits per heavy atom. The quantitative estimate of drug-likeness (QED) is 0.683. The molecule has 0 spiro atoms. The van der Waals surface area contributed by atoms with E-state index in [0.717, 1.165) is 10.2 Å². The Balaban J connectivity index is 1.61. The van der Waals surface area contributed by atoms with Crippen LogP contribution >= 0.6 is 27.5 Å². The highest BCUT2D eigenvalue weighted by molar-refractivity contribution is 9.10. The lowest BCUT2D eigenvalue weighted by atomic mass is 10.3. The number of anilines is 2. The van der Waals surface area contributed by atoms with E-state index in [4.69, 9.17) is 16.3 Å². The zero-order valence-corrected chi connectivity index (χ0v) is 13.7. The average molecular weight is 380 g/mol. The molecule has 22 heavy (non-hydrogen) atoms. The van der Waals surface area contributed by atoms with Gasteiger partial charge in [-0.25, -0.2) is 0 Å². The highest BCUT2D eigenvalue weighted by Gasteiger charge is 2.06. The zero-order chi connectivity index (χ0) is 15.4. The van der Waals surface area contributed by atoms with Gasteiger partial charge in [0.05, 0.1) is 5.02 Å². The predicted octanol–water partition coefficient (Wildman–Crippen LogP) is 4.54. The van der Waals surface area contributed by atoms with Crippen molar-refractivity contribution in [3.8, 4) is 5.75 Å². The predicted molar refractivity (Wildman–Crippen MR) is 89.6 cm³/mol. The van der Waals surface area contributed by atoms with E-state index in [-0.39, 0.29) is 6.61 Å². The number of aromatic nitrogens is 3. The van der Waals surface area contributed by atoms with Crippen molar-refractivity contribution >= 4 is 39.2 Å². The summed E-state index contributed by atoms with van der Waals surface area (Å²) < 4.78 is 6.62. The molecule has 0 saturated heterocycles. The molecule has 5 nitrogen and oxygen atoms in total. The van der Waals surface area contributed by atoms with E-state index in [1.807, 2.05) is 36.4 Å². The number of para-hydroxylation sites is 1. The van der Waals surface area contributed by atoms with Gasteiger partial charge in [-0.1, -0.05) is 39.7 Å². The first-order chi connectivity index (χ1) is 10.7. The molecule has 3 rings (SSSR count).